The standard InChI is InChI=1S/C19H20N4O2S2/c20-17-16-12(10-3-1-4-10)7-14(13-8-15(24)22-9-21-13)23-18(16)26-19(17)27(25)11-5-2-6-11/h7-11H,1-6,20H2,(H,21,22,24)/t27-/m1/s1. The molecule has 1 atom stereocenters. The normalized spacial score (nSPS) is 19.0. The first-order valence-electron chi connectivity index (χ1n) is 9.30. The second-order valence-electron chi connectivity index (χ2n) is 7.35. The summed E-state index contributed by atoms with van der Waals surface area (Å²) in [5, 5.41) is 1.18. The third-order valence-electron chi connectivity index (χ3n) is 5.72. The van der Waals surface area contributed by atoms with Gasteiger partial charge in [-0.1, -0.05) is 17.8 Å². The maximum Gasteiger partial charge on any atom is 0.251 e. The number of hydrogen-bond acceptors (Lipinski definition) is 6. The molecule has 8 heteroatoms. The molecule has 2 saturated carbocycles. The van der Waals surface area contributed by atoms with E-state index in [0.29, 0.717) is 23.0 Å². The molecule has 0 aromatic carbocycles. The number of anilines is 1. The topological polar surface area (TPSA) is 108 Å². The number of pyridine rings is 1. The summed E-state index contributed by atoms with van der Waals surface area (Å²) in [7, 11) is 0. The van der Waals surface area contributed by atoms with Gasteiger partial charge in [-0.3, -0.25) is 4.79 Å². The molecular formula is C19H20N4O2S2. The minimum absolute atomic E-state index is 0.204. The van der Waals surface area contributed by atoms with Crippen molar-refractivity contribution in [2.45, 2.75) is 53.9 Å². The van der Waals surface area contributed by atoms with E-state index < -0.39 is 11.2 Å². The number of aromatic amines is 1. The Morgan fingerprint density at radius 1 is 1.19 bits per heavy atom. The molecule has 5 rings (SSSR count). The molecule has 2 aliphatic rings. The van der Waals surface area contributed by atoms with E-state index in [1.807, 2.05) is 6.07 Å². The number of rotatable bonds is 4. The van der Waals surface area contributed by atoms with Crippen LogP contribution in [0.15, 0.2) is 27.5 Å². The molecule has 0 unspecified atom stereocenters. The highest BCUT2D eigenvalue weighted by Crippen LogP contribution is 2.48. The lowest BCUT2D eigenvalue weighted by molar-refractivity contribution is 0.422. The number of aromatic nitrogens is 3. The number of nitrogens with zero attached hydrogens (tertiary/aromatic N) is 2. The van der Waals surface area contributed by atoms with Crippen LogP contribution in [0.25, 0.3) is 21.6 Å². The Balaban J connectivity index is 1.69. The van der Waals surface area contributed by atoms with Crippen molar-refractivity contribution in [2.75, 3.05) is 5.73 Å². The summed E-state index contributed by atoms with van der Waals surface area (Å²) in [5.41, 5.74) is 9.32. The monoisotopic (exact) mass is 400 g/mol. The SMILES string of the molecule is Nc1c([S@+]([O-])C2CCC2)sc2nc(-c3cc(=O)[nH]cn3)cc(C3CCC3)c12. The highest BCUT2D eigenvalue weighted by molar-refractivity contribution is 7.94. The van der Waals surface area contributed by atoms with Crippen molar-refractivity contribution in [1.82, 2.24) is 15.0 Å². The third-order valence-corrected chi connectivity index (χ3v) is 9.02. The Hall–Kier alpha value is -1.90. The summed E-state index contributed by atoms with van der Waals surface area (Å²) >= 11 is 0.376. The average molecular weight is 401 g/mol. The average Bonchev–Trinajstić information content (AvgIpc) is 2.89. The molecule has 0 saturated heterocycles. The Bertz CT molecular complexity index is 1070. The molecule has 2 fully saturated rings. The highest BCUT2D eigenvalue weighted by Gasteiger charge is 2.36. The van der Waals surface area contributed by atoms with Crippen LogP contribution in [0.5, 0.6) is 0 Å². The molecule has 3 N–H and O–H groups in total. The van der Waals surface area contributed by atoms with Gasteiger partial charge in [0.25, 0.3) is 5.56 Å². The van der Waals surface area contributed by atoms with E-state index in [4.69, 9.17) is 10.7 Å². The lowest BCUT2D eigenvalue weighted by Gasteiger charge is -2.27. The third kappa shape index (κ3) is 2.86. The smallest absolute Gasteiger partial charge is 0.251 e. The first kappa shape index (κ1) is 17.2. The van der Waals surface area contributed by atoms with Crippen LogP contribution in [0.1, 0.15) is 50.0 Å². The van der Waals surface area contributed by atoms with Crippen LogP contribution in [0.3, 0.4) is 0 Å². The van der Waals surface area contributed by atoms with E-state index in [9.17, 15) is 9.35 Å². The Morgan fingerprint density at radius 2 is 1.96 bits per heavy atom. The Labute approximate surface area is 163 Å². The summed E-state index contributed by atoms with van der Waals surface area (Å²) in [4.78, 5) is 24.1. The van der Waals surface area contributed by atoms with Gasteiger partial charge < -0.3 is 15.3 Å². The van der Waals surface area contributed by atoms with Crippen LogP contribution in [-0.4, -0.2) is 24.8 Å². The fourth-order valence-corrected chi connectivity index (χ4v) is 6.91. The van der Waals surface area contributed by atoms with Crippen molar-refractivity contribution < 1.29 is 4.55 Å². The zero-order valence-corrected chi connectivity index (χ0v) is 16.4. The highest BCUT2D eigenvalue weighted by atomic mass is 32.2. The number of nitrogen functional groups attached to an aromatic ring is 1. The van der Waals surface area contributed by atoms with Gasteiger partial charge in [0.05, 0.1) is 17.7 Å². The van der Waals surface area contributed by atoms with Crippen molar-refractivity contribution in [1.29, 1.82) is 0 Å². The van der Waals surface area contributed by atoms with E-state index in [0.717, 1.165) is 52.1 Å². The molecule has 3 aromatic heterocycles. The zero-order chi connectivity index (χ0) is 18.5. The minimum atomic E-state index is -1.06. The molecule has 0 spiro atoms. The molecular weight excluding hydrogens is 380 g/mol. The summed E-state index contributed by atoms with van der Waals surface area (Å²) in [5.74, 6) is 0.443. The van der Waals surface area contributed by atoms with Crippen LogP contribution in [0.4, 0.5) is 5.69 Å². The molecule has 0 amide bonds. The first-order chi connectivity index (χ1) is 13.1. The van der Waals surface area contributed by atoms with Crippen molar-refractivity contribution in [3.05, 3.63) is 34.4 Å². The maximum atomic E-state index is 12.9. The van der Waals surface area contributed by atoms with Gasteiger partial charge in [0.1, 0.15) is 15.8 Å². The molecule has 140 valence electrons. The van der Waals surface area contributed by atoms with Gasteiger partial charge in [0.2, 0.25) is 4.21 Å². The predicted octanol–water partition coefficient (Wildman–Crippen LogP) is 3.56. The fourth-order valence-electron chi connectivity index (χ4n) is 3.70. The molecule has 0 radical (unpaired) electrons. The van der Waals surface area contributed by atoms with Gasteiger partial charge in [-0.25, -0.2) is 9.97 Å². The quantitative estimate of drug-likeness (QED) is 0.651. The number of nitrogens with one attached hydrogen (secondary N) is 1. The summed E-state index contributed by atoms with van der Waals surface area (Å²) in [6.45, 7) is 0. The maximum absolute atomic E-state index is 12.9. The minimum Gasteiger partial charge on any atom is -0.611 e. The Morgan fingerprint density at radius 3 is 2.59 bits per heavy atom. The van der Waals surface area contributed by atoms with Gasteiger partial charge >= 0.3 is 0 Å². The number of thiophene rings is 1. The second kappa shape index (κ2) is 6.61. The van der Waals surface area contributed by atoms with Gasteiger partial charge in [-0.2, -0.15) is 0 Å². The van der Waals surface area contributed by atoms with Crippen LogP contribution in [0.2, 0.25) is 0 Å². The van der Waals surface area contributed by atoms with Crippen LogP contribution >= 0.6 is 11.3 Å². The van der Waals surface area contributed by atoms with Crippen LogP contribution in [-0.2, 0) is 11.2 Å². The summed E-state index contributed by atoms with van der Waals surface area (Å²) in [6, 6.07) is 3.48. The van der Waals surface area contributed by atoms with Crippen molar-refractivity contribution in [2.24, 2.45) is 0 Å². The number of H-pyrrole nitrogens is 1. The van der Waals surface area contributed by atoms with Crippen LogP contribution < -0.4 is 11.3 Å². The van der Waals surface area contributed by atoms with Crippen molar-refractivity contribution >= 4 is 38.4 Å². The second-order valence-corrected chi connectivity index (χ2v) is 10.3. The number of nitrogens with two attached hydrogens (primary N) is 1. The molecule has 2 aliphatic carbocycles. The molecule has 27 heavy (non-hydrogen) atoms. The fraction of sp³-hybridized carbons (Fsp3) is 0.421. The van der Waals surface area contributed by atoms with Crippen molar-refractivity contribution in [3.63, 3.8) is 0 Å². The number of hydrogen-bond donors (Lipinski definition) is 2. The molecule has 0 aliphatic heterocycles. The molecule has 3 aromatic rings. The van der Waals surface area contributed by atoms with Crippen LogP contribution in [0, 0.1) is 0 Å². The number of fused-ring (bicyclic) bond motifs is 1. The van der Waals surface area contributed by atoms with Gasteiger partial charge in [-0.15, -0.1) is 0 Å². The lowest BCUT2D eigenvalue weighted by Crippen LogP contribution is -2.28. The lowest BCUT2D eigenvalue weighted by atomic mass is 9.79. The van der Waals surface area contributed by atoms with Gasteiger partial charge in [0.15, 0.2) is 0 Å². The summed E-state index contributed by atoms with van der Waals surface area (Å²) in [6.07, 6.45) is 8.00. The first-order valence-corrected chi connectivity index (χ1v) is 11.3. The van der Waals surface area contributed by atoms with E-state index >= 15 is 0 Å². The van der Waals surface area contributed by atoms with Gasteiger partial charge in [-0.05, 0) is 49.7 Å². The zero-order valence-electron chi connectivity index (χ0n) is 14.7. The molecule has 3 heterocycles. The van der Waals surface area contributed by atoms with Gasteiger partial charge in [0, 0.05) is 22.6 Å². The van der Waals surface area contributed by atoms with E-state index in [1.54, 1.807) is 0 Å². The molecule has 0 bridgehead atoms. The van der Waals surface area contributed by atoms with Crippen molar-refractivity contribution in [3.8, 4) is 11.4 Å². The predicted molar refractivity (Wildman–Crippen MR) is 109 cm³/mol. The Kier molecular flexibility index (Phi) is 4.22. The largest absolute Gasteiger partial charge is 0.611 e. The van der Waals surface area contributed by atoms with E-state index in [2.05, 4.69) is 9.97 Å². The molecule has 6 nitrogen and oxygen atoms in total. The van der Waals surface area contributed by atoms with E-state index in [1.165, 1.54) is 30.2 Å². The van der Waals surface area contributed by atoms with E-state index in [-0.39, 0.29) is 10.8 Å². The summed E-state index contributed by atoms with van der Waals surface area (Å²) < 4.78 is 13.7.